The number of nitrogens with two attached hydrogens (primary N) is 1. The Kier molecular flexibility index (Phi) is 14.7. The number of unbranched alkanes of at least 4 members (excludes halogenated alkanes) is 10. The molecule has 0 atom stereocenters. The number of carboxylic acids is 1. The van der Waals surface area contributed by atoms with Crippen LogP contribution < -0.4 is 5.73 Å². The van der Waals surface area contributed by atoms with Crippen molar-refractivity contribution in [1.29, 1.82) is 0 Å². The molecule has 0 unspecified atom stereocenters. The summed E-state index contributed by atoms with van der Waals surface area (Å²) in [6, 6.07) is 15.4. The second kappa shape index (κ2) is 18.6. The molecule has 0 spiro atoms. The lowest BCUT2D eigenvalue weighted by Gasteiger charge is -2.20. The second-order valence-corrected chi connectivity index (χ2v) is 12.0. The van der Waals surface area contributed by atoms with Crippen LogP contribution in [-0.4, -0.2) is 35.2 Å². The molecule has 246 valence electrons. The molecule has 3 N–H and O–H groups in total. The molecule has 3 aromatic rings. The molecule has 1 aliphatic carbocycles. The van der Waals surface area contributed by atoms with Crippen LogP contribution in [0.15, 0.2) is 54.6 Å². The van der Waals surface area contributed by atoms with Crippen molar-refractivity contribution in [2.75, 3.05) is 12.3 Å². The number of esters is 1. The van der Waals surface area contributed by atoms with Gasteiger partial charge in [0.15, 0.2) is 11.6 Å². The highest BCUT2D eigenvalue weighted by molar-refractivity contribution is 6.30. The van der Waals surface area contributed by atoms with Crippen molar-refractivity contribution >= 4 is 29.2 Å². The van der Waals surface area contributed by atoms with Crippen molar-refractivity contribution in [2.24, 2.45) is 0 Å². The Morgan fingerprint density at radius 2 is 1.26 bits per heavy atom. The summed E-state index contributed by atoms with van der Waals surface area (Å²) in [6.07, 6.45) is 14.4. The van der Waals surface area contributed by atoms with Crippen LogP contribution in [0.25, 0.3) is 0 Å². The largest absolute Gasteiger partial charge is 0.478 e. The Bertz CT molecular complexity index is 1450. The zero-order valence-corrected chi connectivity index (χ0v) is 27.7. The summed E-state index contributed by atoms with van der Waals surface area (Å²) in [4.78, 5) is 49.0. The Morgan fingerprint density at radius 1 is 0.696 bits per heavy atom. The van der Waals surface area contributed by atoms with Gasteiger partial charge >= 0.3 is 11.9 Å². The second-order valence-electron chi connectivity index (χ2n) is 12.0. The van der Waals surface area contributed by atoms with Gasteiger partial charge in [-0.3, -0.25) is 9.59 Å². The summed E-state index contributed by atoms with van der Waals surface area (Å²) in [7, 11) is 0. The normalized spacial score (nSPS) is 11.7. The molecule has 0 aromatic heterocycles. The molecule has 0 fully saturated rings. The van der Waals surface area contributed by atoms with Gasteiger partial charge in [0.2, 0.25) is 0 Å². The summed E-state index contributed by atoms with van der Waals surface area (Å²) < 4.78 is 5.42. The van der Waals surface area contributed by atoms with E-state index in [1.807, 2.05) is 13.0 Å². The minimum Gasteiger partial charge on any atom is -0.478 e. The summed E-state index contributed by atoms with van der Waals surface area (Å²) in [5.41, 5.74) is 9.78. The van der Waals surface area contributed by atoms with Gasteiger partial charge in [-0.1, -0.05) is 121 Å². The fraction of sp³-hybridized carbons (Fsp3) is 0.436. The standard InChI is InChI=1S/C24H38O4.C15H11NO2/c1-3-5-7-9-11-13-16-20-17-15-18-21(23(25)26)22(20)24(27)28-19-14-12-10-8-6-4-2;1-8-6-7-11(16)13-12(8)14(17)9-4-2-3-5-10(9)15(13)18/h15,17-18H,3-14,16,19H2,1-2H3,(H,25,26);2-7H,16H2,1H3. The van der Waals surface area contributed by atoms with E-state index in [0.717, 1.165) is 43.2 Å². The third kappa shape index (κ3) is 9.62. The first kappa shape index (κ1) is 36.2. The number of carbonyl (C=O) groups is 4. The van der Waals surface area contributed by atoms with Gasteiger partial charge in [0.05, 0.1) is 23.3 Å². The fourth-order valence-corrected chi connectivity index (χ4v) is 5.85. The molecule has 46 heavy (non-hydrogen) atoms. The average Bonchev–Trinajstić information content (AvgIpc) is 3.05. The van der Waals surface area contributed by atoms with Crippen LogP contribution in [0.5, 0.6) is 0 Å². The SMILES string of the molecule is CCCCCCCCOC(=O)c1c(CCCCCCCC)cccc1C(=O)O.Cc1ccc(N)c2c1C(=O)c1ccccc1C2=O. The molecule has 0 radical (unpaired) electrons. The molecular weight excluding hydrogens is 578 g/mol. The number of benzene rings is 3. The molecule has 0 bridgehead atoms. The van der Waals surface area contributed by atoms with Crippen LogP contribution >= 0.6 is 0 Å². The molecular formula is C39H49NO6. The lowest BCUT2D eigenvalue weighted by atomic mass is 9.81. The van der Waals surface area contributed by atoms with E-state index in [4.69, 9.17) is 10.5 Å². The number of fused-ring (bicyclic) bond motifs is 2. The monoisotopic (exact) mass is 627 g/mol. The van der Waals surface area contributed by atoms with Gasteiger partial charge in [-0.15, -0.1) is 0 Å². The number of hydrogen-bond acceptors (Lipinski definition) is 6. The van der Waals surface area contributed by atoms with Gasteiger partial charge in [0.25, 0.3) is 0 Å². The highest BCUT2D eigenvalue weighted by Gasteiger charge is 2.32. The molecule has 7 nitrogen and oxygen atoms in total. The van der Waals surface area contributed by atoms with E-state index in [-0.39, 0.29) is 22.7 Å². The Hall–Kier alpha value is -4.26. The molecule has 0 amide bonds. The summed E-state index contributed by atoms with van der Waals surface area (Å²) >= 11 is 0. The van der Waals surface area contributed by atoms with Crippen molar-refractivity contribution in [1.82, 2.24) is 0 Å². The first-order valence-corrected chi connectivity index (χ1v) is 16.8. The van der Waals surface area contributed by atoms with E-state index in [2.05, 4.69) is 13.8 Å². The molecule has 0 aliphatic heterocycles. The van der Waals surface area contributed by atoms with E-state index < -0.39 is 11.9 Å². The highest BCUT2D eigenvalue weighted by Crippen LogP contribution is 2.32. The zero-order chi connectivity index (χ0) is 33.5. The van der Waals surface area contributed by atoms with Crippen LogP contribution in [0.4, 0.5) is 5.69 Å². The Morgan fingerprint density at radius 3 is 1.87 bits per heavy atom. The summed E-state index contributed by atoms with van der Waals surface area (Å²) in [6.45, 7) is 6.55. The number of anilines is 1. The topological polar surface area (TPSA) is 124 Å². The zero-order valence-electron chi connectivity index (χ0n) is 27.7. The fourth-order valence-electron chi connectivity index (χ4n) is 5.85. The number of carboxylic acid groups (broad SMARTS) is 1. The van der Waals surface area contributed by atoms with Crippen molar-refractivity contribution in [3.63, 3.8) is 0 Å². The maximum absolute atomic E-state index is 12.6. The van der Waals surface area contributed by atoms with Gasteiger partial charge in [-0.25, -0.2) is 9.59 Å². The minimum atomic E-state index is -1.07. The Balaban J connectivity index is 0.000000272. The van der Waals surface area contributed by atoms with Gasteiger partial charge < -0.3 is 15.6 Å². The van der Waals surface area contributed by atoms with E-state index in [0.29, 0.717) is 41.0 Å². The van der Waals surface area contributed by atoms with Crippen molar-refractivity contribution in [2.45, 2.75) is 104 Å². The highest BCUT2D eigenvalue weighted by atomic mass is 16.5. The summed E-state index contributed by atoms with van der Waals surface area (Å²) in [5, 5.41) is 9.49. The average molecular weight is 628 g/mol. The van der Waals surface area contributed by atoms with Gasteiger partial charge in [0.1, 0.15) is 0 Å². The number of carbonyl (C=O) groups excluding carboxylic acids is 3. The van der Waals surface area contributed by atoms with Gasteiger partial charge in [0, 0.05) is 22.4 Å². The van der Waals surface area contributed by atoms with Crippen LogP contribution in [0.1, 0.15) is 155 Å². The number of hydrogen-bond donors (Lipinski definition) is 2. The number of aromatic carboxylic acids is 1. The van der Waals surface area contributed by atoms with Crippen LogP contribution in [0.3, 0.4) is 0 Å². The maximum Gasteiger partial charge on any atom is 0.339 e. The third-order valence-electron chi connectivity index (χ3n) is 8.43. The maximum atomic E-state index is 12.6. The molecule has 0 heterocycles. The van der Waals surface area contributed by atoms with Gasteiger partial charge in [-0.05, 0) is 49.4 Å². The summed E-state index contributed by atoms with van der Waals surface area (Å²) in [5.74, 6) is -1.85. The molecule has 7 heteroatoms. The third-order valence-corrected chi connectivity index (χ3v) is 8.43. The number of aryl methyl sites for hydroxylation is 2. The lowest BCUT2D eigenvalue weighted by molar-refractivity contribution is 0.0486. The first-order valence-electron chi connectivity index (χ1n) is 16.8. The minimum absolute atomic E-state index is 0.0522. The predicted octanol–water partition coefficient (Wildman–Crippen LogP) is 9.16. The van der Waals surface area contributed by atoms with Crippen molar-refractivity contribution in [3.05, 3.63) is 99.1 Å². The first-order chi connectivity index (χ1) is 22.2. The number of ketones is 2. The quantitative estimate of drug-likeness (QED) is 0.0721. The van der Waals surface area contributed by atoms with E-state index >= 15 is 0 Å². The molecule has 1 aliphatic rings. The van der Waals surface area contributed by atoms with Crippen LogP contribution in [-0.2, 0) is 11.2 Å². The van der Waals surface area contributed by atoms with Gasteiger partial charge in [-0.2, -0.15) is 0 Å². The van der Waals surface area contributed by atoms with Crippen LogP contribution in [0, 0.1) is 6.92 Å². The van der Waals surface area contributed by atoms with Crippen molar-refractivity contribution in [3.8, 4) is 0 Å². The molecule has 4 rings (SSSR count). The van der Waals surface area contributed by atoms with E-state index in [1.165, 1.54) is 51.0 Å². The number of rotatable bonds is 16. The Labute approximate surface area is 273 Å². The lowest BCUT2D eigenvalue weighted by Crippen LogP contribution is -2.23. The number of ether oxygens (including phenoxy) is 1. The predicted molar refractivity (Wildman–Crippen MR) is 183 cm³/mol. The molecule has 3 aromatic carbocycles. The molecule has 0 saturated heterocycles. The van der Waals surface area contributed by atoms with Crippen LogP contribution in [0.2, 0.25) is 0 Å². The smallest absolute Gasteiger partial charge is 0.339 e. The van der Waals surface area contributed by atoms with E-state index in [1.54, 1.807) is 42.5 Å². The molecule has 0 saturated carbocycles. The number of nitrogen functional groups attached to an aromatic ring is 1. The van der Waals surface area contributed by atoms with Crippen molar-refractivity contribution < 1.29 is 29.0 Å². The van der Waals surface area contributed by atoms with E-state index in [9.17, 15) is 24.3 Å².